The lowest BCUT2D eigenvalue weighted by Crippen LogP contribution is -2.57. The van der Waals surface area contributed by atoms with Crippen LogP contribution in [0.3, 0.4) is 0 Å². The van der Waals surface area contributed by atoms with E-state index in [2.05, 4.69) is 10.0 Å². The van der Waals surface area contributed by atoms with Gasteiger partial charge in [0, 0.05) is 41.1 Å². The van der Waals surface area contributed by atoms with Crippen LogP contribution in [0, 0.1) is 17.3 Å². The average molecular weight is 792 g/mol. The molecular formula is C42H44ClF2N3O6S. The predicted molar refractivity (Wildman–Crippen MR) is 205 cm³/mol. The van der Waals surface area contributed by atoms with E-state index in [4.69, 9.17) is 21.1 Å². The number of alkyl carbamates (subject to hydrolysis) is 1. The highest BCUT2D eigenvalue weighted by molar-refractivity contribution is 7.89. The van der Waals surface area contributed by atoms with Gasteiger partial charge in [-0.3, -0.25) is 4.79 Å². The SMILES string of the molecule is CC(C)(C)OC(=O)NC1C2CN(C(=O)C(NS(=O)(=O)c3ccc4cc(OC5CCCC5)ccc4c3)C(F)(F)c3ccc(-c4ccc(Cl)cc4)cc3)CC3CC321. The highest BCUT2D eigenvalue weighted by Gasteiger charge is 2.80. The summed E-state index contributed by atoms with van der Waals surface area (Å²) in [5, 5.41) is 4.76. The van der Waals surface area contributed by atoms with Gasteiger partial charge in [-0.1, -0.05) is 60.1 Å². The molecule has 55 heavy (non-hydrogen) atoms. The van der Waals surface area contributed by atoms with Crippen LogP contribution in [-0.2, 0) is 25.5 Å². The topological polar surface area (TPSA) is 114 Å². The first-order valence-corrected chi connectivity index (χ1v) is 20.6. The number of sulfonamides is 1. The van der Waals surface area contributed by atoms with Gasteiger partial charge in [0.1, 0.15) is 11.4 Å². The predicted octanol–water partition coefficient (Wildman–Crippen LogP) is 8.29. The largest absolute Gasteiger partial charge is 0.490 e. The zero-order chi connectivity index (χ0) is 38.9. The van der Waals surface area contributed by atoms with Gasteiger partial charge in [0.2, 0.25) is 15.9 Å². The maximum Gasteiger partial charge on any atom is 0.407 e. The summed E-state index contributed by atoms with van der Waals surface area (Å²) < 4.78 is 75.5. The Labute approximate surface area is 324 Å². The van der Waals surface area contributed by atoms with Crippen molar-refractivity contribution in [2.75, 3.05) is 13.1 Å². The quantitative estimate of drug-likeness (QED) is 0.167. The molecule has 5 atom stereocenters. The van der Waals surface area contributed by atoms with Crippen molar-refractivity contribution in [1.29, 1.82) is 0 Å². The molecule has 5 unspecified atom stereocenters. The molecule has 3 saturated carbocycles. The first-order valence-electron chi connectivity index (χ1n) is 18.8. The lowest BCUT2D eigenvalue weighted by Gasteiger charge is -2.34. The van der Waals surface area contributed by atoms with Gasteiger partial charge in [-0.05, 0) is 117 Å². The number of hydrogen-bond donors (Lipinski definition) is 2. The van der Waals surface area contributed by atoms with E-state index in [9.17, 15) is 18.0 Å². The maximum absolute atomic E-state index is 16.9. The molecule has 1 spiro atoms. The number of hydrogen-bond acceptors (Lipinski definition) is 6. The summed E-state index contributed by atoms with van der Waals surface area (Å²) in [6.07, 6.45) is 4.52. The number of nitrogens with zero attached hydrogens (tertiary/aromatic N) is 1. The molecule has 1 heterocycles. The summed E-state index contributed by atoms with van der Waals surface area (Å²) in [4.78, 5) is 28.1. The minimum atomic E-state index is -4.66. The zero-order valence-corrected chi connectivity index (χ0v) is 32.4. The molecule has 1 aliphatic heterocycles. The van der Waals surface area contributed by atoms with Crippen molar-refractivity contribution in [3.05, 3.63) is 95.5 Å². The van der Waals surface area contributed by atoms with E-state index in [0.717, 1.165) is 43.1 Å². The summed E-state index contributed by atoms with van der Waals surface area (Å²) in [6, 6.07) is 19.4. The van der Waals surface area contributed by atoms with Crippen LogP contribution < -0.4 is 14.8 Å². The minimum Gasteiger partial charge on any atom is -0.490 e. The van der Waals surface area contributed by atoms with Gasteiger partial charge >= 0.3 is 6.09 Å². The van der Waals surface area contributed by atoms with Crippen LogP contribution in [0.1, 0.15) is 58.4 Å². The van der Waals surface area contributed by atoms with Crippen LogP contribution in [0.25, 0.3) is 21.9 Å². The number of nitrogens with one attached hydrogen (secondary N) is 2. The Kier molecular flexibility index (Phi) is 9.41. The molecule has 2 N–H and O–H groups in total. The number of alkyl halides is 2. The second kappa shape index (κ2) is 13.7. The average Bonchev–Trinajstić information content (AvgIpc) is 3.93. The van der Waals surface area contributed by atoms with Gasteiger partial charge in [0.25, 0.3) is 5.92 Å². The number of halogens is 3. The molecular weight excluding hydrogens is 748 g/mol. The summed E-state index contributed by atoms with van der Waals surface area (Å²) in [6.45, 7) is 5.56. The second-order valence-corrected chi connectivity index (χ2v) is 18.6. The zero-order valence-electron chi connectivity index (χ0n) is 30.9. The van der Waals surface area contributed by atoms with E-state index in [1.54, 1.807) is 63.2 Å². The van der Waals surface area contributed by atoms with Crippen LogP contribution in [0.4, 0.5) is 13.6 Å². The van der Waals surface area contributed by atoms with Gasteiger partial charge in [-0.25, -0.2) is 13.2 Å². The van der Waals surface area contributed by atoms with Crippen molar-refractivity contribution < 1.29 is 36.3 Å². The molecule has 0 radical (unpaired) electrons. The normalized spacial score (nSPS) is 24.1. The van der Waals surface area contributed by atoms with Crippen molar-refractivity contribution in [3.63, 3.8) is 0 Å². The number of ether oxygens (including phenoxy) is 2. The standard InChI is InChI=1S/C42H44ClF2N3O6S/c1-40(2,3)54-39(50)46-36-35-24-48(23-30-22-41(30,35)36)38(49)37(42(44,45)29-14-8-25(9-15-29)26-10-16-31(43)17-11-26)47-55(51,52)34-19-13-27-20-33(18-12-28(27)21-34)53-32-6-4-5-7-32/h8-21,30,32,35-37,47H,4-7,22-24H2,1-3H3,(H,46,50). The lowest BCUT2D eigenvalue weighted by molar-refractivity contribution is -0.145. The first-order chi connectivity index (χ1) is 26.0. The lowest BCUT2D eigenvalue weighted by atomic mass is 9.96. The van der Waals surface area contributed by atoms with Crippen LogP contribution in [-0.4, -0.2) is 62.2 Å². The molecule has 4 aromatic carbocycles. The van der Waals surface area contributed by atoms with Crippen LogP contribution in [0.15, 0.2) is 89.8 Å². The smallest absolute Gasteiger partial charge is 0.407 e. The fraction of sp³-hybridized carbons (Fsp3) is 0.429. The molecule has 2 amide bonds. The Morgan fingerprint density at radius 3 is 2.20 bits per heavy atom. The Balaban J connectivity index is 1.06. The van der Waals surface area contributed by atoms with Gasteiger partial charge in [0.15, 0.2) is 6.04 Å². The van der Waals surface area contributed by atoms with Crippen LogP contribution in [0.5, 0.6) is 5.75 Å². The van der Waals surface area contributed by atoms with Crippen molar-refractivity contribution >= 4 is 44.4 Å². The monoisotopic (exact) mass is 791 g/mol. The Hall–Kier alpha value is -4.26. The highest BCUT2D eigenvalue weighted by Crippen LogP contribution is 2.76. The van der Waals surface area contributed by atoms with Crippen molar-refractivity contribution in [2.24, 2.45) is 17.3 Å². The van der Waals surface area contributed by atoms with E-state index < -0.39 is 45.2 Å². The van der Waals surface area contributed by atoms with Gasteiger partial charge in [-0.2, -0.15) is 13.5 Å². The van der Waals surface area contributed by atoms with E-state index >= 15 is 8.78 Å². The van der Waals surface area contributed by atoms with Gasteiger partial charge < -0.3 is 19.7 Å². The Bertz CT molecular complexity index is 2240. The van der Waals surface area contributed by atoms with E-state index in [-0.39, 0.29) is 47.4 Å². The van der Waals surface area contributed by atoms with Crippen LogP contribution in [0.2, 0.25) is 5.02 Å². The highest BCUT2D eigenvalue weighted by atomic mass is 35.5. The Morgan fingerprint density at radius 1 is 0.891 bits per heavy atom. The molecule has 1 saturated heterocycles. The summed E-state index contributed by atoms with van der Waals surface area (Å²) >= 11 is 6.03. The maximum atomic E-state index is 16.9. The number of likely N-dealkylation sites (tertiary alicyclic amines) is 1. The fourth-order valence-electron chi connectivity index (χ4n) is 8.70. The minimum absolute atomic E-state index is 0.0114. The molecule has 290 valence electrons. The summed E-state index contributed by atoms with van der Waals surface area (Å²) in [7, 11) is -4.66. The van der Waals surface area contributed by atoms with Gasteiger partial charge in [-0.15, -0.1) is 0 Å². The number of carbonyl (C=O) groups is 2. The van der Waals surface area contributed by atoms with E-state index in [1.807, 2.05) is 6.07 Å². The molecule has 4 fully saturated rings. The number of piperidine rings is 1. The number of amides is 2. The first kappa shape index (κ1) is 37.7. The van der Waals surface area contributed by atoms with Crippen molar-refractivity contribution in [3.8, 4) is 16.9 Å². The van der Waals surface area contributed by atoms with Gasteiger partial charge in [0.05, 0.1) is 11.0 Å². The molecule has 3 aliphatic carbocycles. The van der Waals surface area contributed by atoms with Crippen molar-refractivity contribution in [1.82, 2.24) is 14.9 Å². The third-order valence-electron chi connectivity index (χ3n) is 11.6. The number of fused-ring (bicyclic) bond motifs is 1. The number of rotatable bonds is 10. The third-order valence-corrected chi connectivity index (χ3v) is 13.3. The fourth-order valence-corrected chi connectivity index (χ4v) is 10.1. The summed E-state index contributed by atoms with van der Waals surface area (Å²) in [5.41, 5.74) is -0.0243. The molecule has 13 heteroatoms. The summed E-state index contributed by atoms with van der Waals surface area (Å²) in [5.74, 6) is -4.48. The Morgan fingerprint density at radius 2 is 1.53 bits per heavy atom. The molecule has 4 aromatic rings. The molecule has 8 rings (SSSR count). The second-order valence-electron chi connectivity index (χ2n) is 16.4. The van der Waals surface area contributed by atoms with Crippen molar-refractivity contribution in [2.45, 2.75) is 87.5 Å². The molecule has 9 nitrogen and oxygen atoms in total. The molecule has 4 aliphatic rings. The van der Waals surface area contributed by atoms with E-state index in [0.29, 0.717) is 21.7 Å². The van der Waals surface area contributed by atoms with E-state index in [1.165, 1.54) is 41.3 Å². The number of carbonyl (C=O) groups excluding carboxylic acids is 2. The number of benzene rings is 4. The molecule has 0 bridgehead atoms. The third kappa shape index (κ3) is 7.40. The van der Waals surface area contributed by atoms with Crippen LogP contribution >= 0.6 is 11.6 Å². The molecule has 0 aromatic heterocycles.